The molecule has 1 aliphatic heterocycles. The third kappa shape index (κ3) is 2.93. The highest BCUT2D eigenvalue weighted by Gasteiger charge is 2.77. The van der Waals surface area contributed by atoms with E-state index < -0.39 is 48.7 Å². The molecule has 0 radical (unpaired) electrons. The first-order chi connectivity index (χ1) is 13.6. The van der Waals surface area contributed by atoms with E-state index in [-0.39, 0.29) is 42.6 Å². The number of hydrogen-bond acceptors (Lipinski definition) is 7. The number of ether oxygens (including phenoxy) is 2. The van der Waals surface area contributed by atoms with Gasteiger partial charge in [-0.2, -0.15) is 0 Å². The summed E-state index contributed by atoms with van der Waals surface area (Å²) in [5.74, 6) is -1.81. The molecule has 2 saturated carbocycles. The van der Waals surface area contributed by atoms with E-state index in [1.165, 1.54) is 7.11 Å². The summed E-state index contributed by atoms with van der Waals surface area (Å²) in [4.78, 5) is 38.2. The third-order valence-corrected chi connectivity index (χ3v) is 13.4. The number of cyclic esters (lactones) is 1. The molecule has 0 bridgehead atoms. The van der Waals surface area contributed by atoms with Gasteiger partial charge < -0.3 is 19.0 Å². The highest BCUT2D eigenvalue weighted by atomic mass is 28.4. The molecule has 1 N–H and O–H groups in total. The van der Waals surface area contributed by atoms with Crippen LogP contribution in [0.3, 0.4) is 0 Å². The summed E-state index contributed by atoms with van der Waals surface area (Å²) < 4.78 is 17.0. The molecule has 2 aliphatic carbocycles. The monoisotopic (exact) mass is 440 g/mol. The molecular formula is C22H36O7Si. The number of Topliss-reactive ketones (excluding diaryl/α,β-unsaturated/α-hetero) is 1. The van der Waals surface area contributed by atoms with E-state index >= 15 is 0 Å². The molecule has 0 aromatic heterocycles. The second kappa shape index (κ2) is 6.87. The van der Waals surface area contributed by atoms with Crippen molar-refractivity contribution in [1.29, 1.82) is 0 Å². The van der Waals surface area contributed by atoms with Gasteiger partial charge >= 0.3 is 11.9 Å². The van der Waals surface area contributed by atoms with Crippen LogP contribution in [0.1, 0.15) is 53.9 Å². The van der Waals surface area contributed by atoms with Gasteiger partial charge in [-0.3, -0.25) is 9.59 Å². The molecule has 3 aliphatic rings. The molecule has 0 aromatic carbocycles. The Hall–Kier alpha value is -1.25. The van der Waals surface area contributed by atoms with E-state index in [1.54, 1.807) is 6.92 Å². The van der Waals surface area contributed by atoms with E-state index in [2.05, 4.69) is 33.9 Å². The maximum Gasteiger partial charge on any atom is 0.341 e. The van der Waals surface area contributed by atoms with Crippen LogP contribution in [-0.4, -0.2) is 56.6 Å². The minimum absolute atomic E-state index is 0.00723. The molecule has 6 atom stereocenters. The van der Waals surface area contributed by atoms with Crippen molar-refractivity contribution < 1.29 is 33.4 Å². The number of esters is 2. The highest BCUT2D eigenvalue weighted by molar-refractivity contribution is 6.74. The fourth-order valence-corrected chi connectivity index (χ4v) is 7.08. The Labute approximate surface area is 180 Å². The van der Waals surface area contributed by atoms with Crippen LogP contribution >= 0.6 is 0 Å². The Kier molecular flexibility index (Phi) is 5.36. The standard InChI is InChI=1S/C22H36O7Si/c1-13-14(23)9-15-20(5)12-28-18(25)22(20,26)16(29-30(7,8)19(2,3)4)10-21(13,15)11-17(24)27-6/h13,15-16,26H,9-12H2,1-8H3/t13-,15-,16+,20-,21+,22+/m0/s1. The SMILES string of the molecule is COC(=O)C[C@@]12C[C@@H](O[Si](C)(C)C(C)(C)C)[C@@]3(O)C(=O)OC[C@@]3(C)[C@@H]1CC(=O)[C@@H]2C. The largest absolute Gasteiger partial charge is 0.469 e. The Balaban J connectivity index is 2.16. The normalized spacial score (nSPS) is 41.3. The Morgan fingerprint density at radius 2 is 1.90 bits per heavy atom. The second-order valence-electron chi connectivity index (χ2n) is 11.3. The molecule has 170 valence electrons. The lowest BCUT2D eigenvalue weighted by Crippen LogP contribution is -2.69. The molecule has 3 fully saturated rings. The van der Waals surface area contributed by atoms with E-state index in [1.807, 2.05) is 6.92 Å². The van der Waals surface area contributed by atoms with Crippen molar-refractivity contribution in [3.63, 3.8) is 0 Å². The summed E-state index contributed by atoms with van der Waals surface area (Å²) in [6, 6.07) is 0. The third-order valence-electron chi connectivity index (χ3n) is 8.87. The molecule has 1 heterocycles. The van der Waals surface area contributed by atoms with Crippen molar-refractivity contribution in [2.24, 2.45) is 22.7 Å². The van der Waals surface area contributed by atoms with Crippen LogP contribution in [0.2, 0.25) is 18.1 Å². The predicted octanol–water partition coefficient (Wildman–Crippen LogP) is 2.85. The van der Waals surface area contributed by atoms with Gasteiger partial charge in [-0.05, 0) is 35.9 Å². The van der Waals surface area contributed by atoms with Gasteiger partial charge in [0.15, 0.2) is 13.9 Å². The maximum absolute atomic E-state index is 12.9. The zero-order valence-electron chi connectivity index (χ0n) is 19.5. The van der Waals surface area contributed by atoms with Crippen LogP contribution in [0, 0.1) is 22.7 Å². The number of carbonyl (C=O) groups excluding carboxylic acids is 3. The van der Waals surface area contributed by atoms with Gasteiger partial charge in [0.05, 0.1) is 19.6 Å². The van der Waals surface area contributed by atoms with Crippen molar-refractivity contribution >= 4 is 26.0 Å². The van der Waals surface area contributed by atoms with E-state index in [9.17, 15) is 19.5 Å². The zero-order valence-corrected chi connectivity index (χ0v) is 20.5. The maximum atomic E-state index is 12.9. The lowest BCUT2D eigenvalue weighted by Gasteiger charge is -2.58. The van der Waals surface area contributed by atoms with E-state index in [0.717, 1.165) is 0 Å². The topological polar surface area (TPSA) is 99.1 Å². The van der Waals surface area contributed by atoms with Crippen molar-refractivity contribution in [2.75, 3.05) is 13.7 Å². The van der Waals surface area contributed by atoms with Gasteiger partial charge in [-0.1, -0.05) is 34.6 Å². The fraction of sp³-hybridized carbons (Fsp3) is 0.864. The number of hydrogen-bond donors (Lipinski definition) is 1. The molecule has 3 rings (SSSR count). The first-order valence-electron chi connectivity index (χ1n) is 10.7. The van der Waals surface area contributed by atoms with Crippen molar-refractivity contribution in [2.45, 2.75) is 83.7 Å². The molecular weight excluding hydrogens is 404 g/mol. The smallest absolute Gasteiger partial charge is 0.341 e. The number of methoxy groups -OCH3 is 1. The molecule has 8 heteroatoms. The summed E-state index contributed by atoms with van der Waals surface area (Å²) in [5, 5.41) is 11.7. The van der Waals surface area contributed by atoms with Crippen LogP contribution < -0.4 is 0 Å². The quantitative estimate of drug-likeness (QED) is 0.530. The van der Waals surface area contributed by atoms with Gasteiger partial charge in [-0.25, -0.2) is 4.79 Å². The number of fused-ring (bicyclic) bond motifs is 3. The average Bonchev–Trinajstić information content (AvgIpc) is 3.02. The lowest BCUT2D eigenvalue weighted by molar-refractivity contribution is -0.213. The molecule has 0 aromatic rings. The number of rotatable bonds is 4. The average molecular weight is 441 g/mol. The zero-order chi connectivity index (χ0) is 22.9. The molecule has 0 amide bonds. The van der Waals surface area contributed by atoms with Crippen molar-refractivity contribution in [3.8, 4) is 0 Å². The Morgan fingerprint density at radius 1 is 1.30 bits per heavy atom. The summed E-state index contributed by atoms with van der Waals surface area (Å²) in [6.07, 6.45) is -0.348. The van der Waals surface area contributed by atoms with E-state index in [0.29, 0.717) is 0 Å². The molecule has 0 spiro atoms. The summed E-state index contributed by atoms with van der Waals surface area (Å²) in [6.45, 7) is 14.1. The van der Waals surface area contributed by atoms with Crippen LogP contribution in [0.25, 0.3) is 0 Å². The van der Waals surface area contributed by atoms with Gasteiger partial charge in [0.2, 0.25) is 0 Å². The van der Waals surface area contributed by atoms with Crippen LogP contribution in [-0.2, 0) is 28.3 Å². The lowest BCUT2D eigenvalue weighted by atomic mass is 9.48. The van der Waals surface area contributed by atoms with Gasteiger partial charge in [0, 0.05) is 17.8 Å². The van der Waals surface area contributed by atoms with E-state index in [4.69, 9.17) is 13.9 Å². The highest BCUT2D eigenvalue weighted by Crippen LogP contribution is 2.67. The molecule has 7 nitrogen and oxygen atoms in total. The number of ketones is 1. The van der Waals surface area contributed by atoms with Crippen molar-refractivity contribution in [3.05, 3.63) is 0 Å². The molecule has 0 unspecified atom stereocenters. The first-order valence-corrected chi connectivity index (χ1v) is 13.6. The van der Waals surface area contributed by atoms with Crippen LogP contribution in [0.15, 0.2) is 0 Å². The van der Waals surface area contributed by atoms with Gasteiger partial charge in [-0.15, -0.1) is 0 Å². The number of carbonyl (C=O) groups is 3. The summed E-state index contributed by atoms with van der Waals surface area (Å²) in [5.41, 5.74) is -3.62. The first kappa shape index (κ1) is 23.4. The minimum atomic E-state index is -2.39. The van der Waals surface area contributed by atoms with Gasteiger partial charge in [0.1, 0.15) is 12.4 Å². The summed E-state index contributed by atoms with van der Waals surface area (Å²) >= 11 is 0. The number of aliphatic hydroxyl groups is 1. The predicted molar refractivity (Wildman–Crippen MR) is 112 cm³/mol. The Morgan fingerprint density at radius 3 is 2.43 bits per heavy atom. The van der Waals surface area contributed by atoms with Crippen molar-refractivity contribution in [1.82, 2.24) is 0 Å². The fourth-order valence-electron chi connectivity index (χ4n) is 5.76. The minimum Gasteiger partial charge on any atom is -0.469 e. The van der Waals surface area contributed by atoms with Gasteiger partial charge in [0.25, 0.3) is 0 Å². The van der Waals surface area contributed by atoms with Crippen LogP contribution in [0.4, 0.5) is 0 Å². The molecule has 30 heavy (non-hydrogen) atoms. The summed E-state index contributed by atoms with van der Waals surface area (Å²) in [7, 11) is -1.06. The Bertz CT molecular complexity index is 772. The van der Waals surface area contributed by atoms with Crippen LogP contribution in [0.5, 0.6) is 0 Å². The molecule has 1 saturated heterocycles. The second-order valence-corrected chi connectivity index (χ2v) is 16.0.